The van der Waals surface area contributed by atoms with Gasteiger partial charge in [-0.3, -0.25) is 14.5 Å². The van der Waals surface area contributed by atoms with Crippen LogP contribution >= 0.6 is 12.4 Å². The summed E-state index contributed by atoms with van der Waals surface area (Å²) in [7, 11) is 0. The molecule has 2 N–H and O–H groups in total. The Hall–Kier alpha value is -2.19. The third kappa shape index (κ3) is 3.81. The van der Waals surface area contributed by atoms with Gasteiger partial charge in [-0.05, 0) is 31.5 Å². The molecule has 0 spiro atoms. The van der Waals surface area contributed by atoms with Gasteiger partial charge >= 0.3 is 6.03 Å². The largest absolute Gasteiger partial charge is 0.332 e. The maximum atomic E-state index is 13.5. The summed E-state index contributed by atoms with van der Waals surface area (Å²) in [6, 6.07) is 5.20. The Morgan fingerprint density at radius 3 is 2.69 bits per heavy atom. The molecule has 0 radical (unpaired) electrons. The van der Waals surface area contributed by atoms with Crippen molar-refractivity contribution in [3.8, 4) is 0 Å². The number of imide groups is 1. The van der Waals surface area contributed by atoms with Gasteiger partial charge in [0.25, 0.3) is 5.91 Å². The topological polar surface area (TPSA) is 81.8 Å². The summed E-state index contributed by atoms with van der Waals surface area (Å²) in [6.07, 6.45) is 0. The number of carbonyl (C=O) groups excluding carboxylic acids is 3. The molecule has 3 rings (SSSR count). The first-order valence-corrected chi connectivity index (χ1v) is 8.19. The molecule has 0 bridgehead atoms. The highest BCUT2D eigenvalue weighted by atomic mass is 35.5. The molecular formula is C17H22ClFN4O3. The summed E-state index contributed by atoms with van der Waals surface area (Å²) in [5, 5.41) is 5.74. The number of nitrogens with zero attached hydrogens (tertiary/aromatic N) is 2. The number of hydrogen-bond acceptors (Lipinski definition) is 4. The molecule has 26 heavy (non-hydrogen) atoms. The van der Waals surface area contributed by atoms with Gasteiger partial charge in [-0.2, -0.15) is 0 Å². The summed E-state index contributed by atoms with van der Waals surface area (Å²) in [5.74, 6) is -1.13. The maximum Gasteiger partial charge on any atom is 0.325 e. The number of rotatable bonds is 3. The average molecular weight is 385 g/mol. The highest BCUT2D eigenvalue weighted by Crippen LogP contribution is 2.24. The molecule has 1 aromatic rings. The maximum absolute atomic E-state index is 13.5. The number of nitrogens with one attached hydrogen (secondary N) is 2. The second kappa shape index (κ2) is 7.59. The van der Waals surface area contributed by atoms with E-state index in [0.29, 0.717) is 25.2 Å². The lowest BCUT2D eigenvalue weighted by Gasteiger charge is -2.37. The Labute approximate surface area is 157 Å². The van der Waals surface area contributed by atoms with Gasteiger partial charge in [0.2, 0.25) is 5.91 Å². The van der Waals surface area contributed by atoms with Crippen molar-refractivity contribution in [2.45, 2.75) is 25.4 Å². The molecular weight excluding hydrogens is 363 g/mol. The van der Waals surface area contributed by atoms with Gasteiger partial charge in [0.15, 0.2) is 0 Å². The van der Waals surface area contributed by atoms with Crippen molar-refractivity contribution in [2.75, 3.05) is 26.2 Å². The number of hydrogen-bond donors (Lipinski definition) is 2. The lowest BCUT2D eigenvalue weighted by molar-refractivity contribution is -0.140. The minimum atomic E-state index is -1.01. The van der Waals surface area contributed by atoms with E-state index >= 15 is 0 Å². The summed E-state index contributed by atoms with van der Waals surface area (Å²) in [5.41, 5.74) is -0.332. The highest BCUT2D eigenvalue weighted by Gasteiger charge is 2.45. The molecule has 2 fully saturated rings. The van der Waals surface area contributed by atoms with Crippen LogP contribution in [0.5, 0.6) is 0 Å². The Bertz CT molecular complexity index is 728. The zero-order valence-corrected chi connectivity index (χ0v) is 15.4. The second-order valence-electron chi connectivity index (χ2n) is 6.81. The number of carbonyl (C=O) groups is 3. The third-order valence-electron chi connectivity index (χ3n) is 4.53. The Morgan fingerprint density at radius 1 is 1.35 bits per heavy atom. The third-order valence-corrected chi connectivity index (χ3v) is 4.53. The fourth-order valence-electron chi connectivity index (χ4n) is 3.20. The number of urea groups is 1. The lowest BCUT2D eigenvalue weighted by atomic mass is 10.0. The van der Waals surface area contributed by atoms with Crippen LogP contribution < -0.4 is 10.6 Å². The van der Waals surface area contributed by atoms with Crippen LogP contribution in [0.25, 0.3) is 0 Å². The standard InChI is InChI=1S/C17H21FN4O3.ClH/c1-17(2)15(24)22(16(25)20-17)10-14(23)21-7-6-19-9-13(21)11-4-3-5-12(18)8-11;/h3-5,8,13,19H,6-7,9-10H2,1-2H3,(H,20,25);1H. The van der Waals surface area contributed by atoms with Crippen molar-refractivity contribution in [3.63, 3.8) is 0 Å². The van der Waals surface area contributed by atoms with E-state index in [1.165, 1.54) is 12.1 Å². The van der Waals surface area contributed by atoms with Crippen LogP contribution in [0.4, 0.5) is 9.18 Å². The fraction of sp³-hybridized carbons (Fsp3) is 0.471. The van der Waals surface area contributed by atoms with Gasteiger partial charge in [-0.25, -0.2) is 9.18 Å². The Kier molecular flexibility index (Phi) is 5.87. The monoisotopic (exact) mass is 384 g/mol. The lowest BCUT2D eigenvalue weighted by Crippen LogP contribution is -2.52. The van der Waals surface area contributed by atoms with Crippen molar-refractivity contribution in [1.82, 2.24) is 20.4 Å². The molecule has 2 aliphatic rings. The zero-order chi connectivity index (χ0) is 18.2. The quantitative estimate of drug-likeness (QED) is 0.763. The number of halogens is 2. The smallest absolute Gasteiger partial charge is 0.325 e. The minimum Gasteiger partial charge on any atom is -0.332 e. The predicted molar refractivity (Wildman–Crippen MR) is 95.3 cm³/mol. The van der Waals surface area contributed by atoms with Crippen LogP contribution in [0, 0.1) is 5.82 Å². The minimum absolute atomic E-state index is 0. The first-order valence-electron chi connectivity index (χ1n) is 8.19. The fourth-order valence-corrected chi connectivity index (χ4v) is 3.20. The molecule has 0 aromatic heterocycles. The predicted octanol–water partition coefficient (Wildman–Crippen LogP) is 1.05. The van der Waals surface area contributed by atoms with Crippen LogP contribution in [-0.4, -0.2) is 59.4 Å². The van der Waals surface area contributed by atoms with Crippen LogP contribution in [0.2, 0.25) is 0 Å². The van der Waals surface area contributed by atoms with E-state index in [-0.39, 0.29) is 36.7 Å². The highest BCUT2D eigenvalue weighted by molar-refractivity contribution is 6.08. The van der Waals surface area contributed by atoms with E-state index in [9.17, 15) is 18.8 Å². The van der Waals surface area contributed by atoms with Gasteiger partial charge in [0, 0.05) is 19.6 Å². The molecule has 4 amide bonds. The van der Waals surface area contributed by atoms with Crippen molar-refractivity contribution in [1.29, 1.82) is 0 Å². The molecule has 2 saturated heterocycles. The van der Waals surface area contributed by atoms with E-state index in [1.54, 1.807) is 30.9 Å². The van der Waals surface area contributed by atoms with Crippen molar-refractivity contribution < 1.29 is 18.8 Å². The van der Waals surface area contributed by atoms with Gasteiger partial charge in [-0.1, -0.05) is 12.1 Å². The molecule has 9 heteroatoms. The van der Waals surface area contributed by atoms with Gasteiger partial charge < -0.3 is 15.5 Å². The van der Waals surface area contributed by atoms with E-state index in [1.807, 2.05) is 0 Å². The van der Waals surface area contributed by atoms with Gasteiger partial charge in [-0.15, -0.1) is 12.4 Å². The van der Waals surface area contributed by atoms with Gasteiger partial charge in [0.05, 0.1) is 6.04 Å². The SMILES string of the molecule is CC1(C)NC(=O)N(CC(=O)N2CCNCC2c2cccc(F)c2)C1=O.Cl. The molecule has 2 aliphatic heterocycles. The number of piperazine rings is 1. The summed E-state index contributed by atoms with van der Waals surface area (Å²) < 4.78 is 13.5. The molecule has 2 heterocycles. The van der Waals surface area contributed by atoms with Crippen molar-refractivity contribution in [2.24, 2.45) is 0 Å². The molecule has 0 aliphatic carbocycles. The van der Waals surface area contributed by atoms with Crippen molar-refractivity contribution >= 4 is 30.3 Å². The molecule has 1 unspecified atom stereocenters. The number of amides is 4. The molecule has 0 saturated carbocycles. The average Bonchev–Trinajstić information content (AvgIpc) is 2.76. The van der Waals surface area contributed by atoms with E-state index in [0.717, 1.165) is 4.90 Å². The van der Waals surface area contributed by atoms with Gasteiger partial charge in [0.1, 0.15) is 17.9 Å². The van der Waals surface area contributed by atoms with Crippen LogP contribution in [-0.2, 0) is 9.59 Å². The molecule has 1 atom stereocenters. The molecule has 1 aromatic carbocycles. The van der Waals surface area contributed by atoms with Crippen LogP contribution in [0.3, 0.4) is 0 Å². The van der Waals surface area contributed by atoms with Crippen LogP contribution in [0.1, 0.15) is 25.5 Å². The summed E-state index contributed by atoms with van der Waals surface area (Å²) >= 11 is 0. The first-order chi connectivity index (χ1) is 11.8. The Balaban J connectivity index is 0.00000243. The number of benzene rings is 1. The van der Waals surface area contributed by atoms with Crippen molar-refractivity contribution in [3.05, 3.63) is 35.6 Å². The first kappa shape index (κ1) is 20.1. The zero-order valence-electron chi connectivity index (χ0n) is 14.6. The Morgan fingerprint density at radius 2 is 2.08 bits per heavy atom. The van der Waals surface area contributed by atoms with Crippen LogP contribution in [0.15, 0.2) is 24.3 Å². The van der Waals surface area contributed by atoms with E-state index in [4.69, 9.17) is 0 Å². The normalized spacial score (nSPS) is 22.0. The van der Waals surface area contributed by atoms with E-state index < -0.39 is 17.5 Å². The summed E-state index contributed by atoms with van der Waals surface area (Å²) in [6.45, 7) is 4.38. The molecule has 142 valence electrons. The molecule has 7 nitrogen and oxygen atoms in total. The summed E-state index contributed by atoms with van der Waals surface area (Å²) in [4.78, 5) is 39.5. The second-order valence-corrected chi connectivity index (χ2v) is 6.81. The van der Waals surface area contributed by atoms with E-state index in [2.05, 4.69) is 10.6 Å².